The Morgan fingerprint density at radius 1 is 1.44 bits per heavy atom. The van der Waals surface area contributed by atoms with Gasteiger partial charge >= 0.3 is 0 Å². The summed E-state index contributed by atoms with van der Waals surface area (Å²) in [6, 6.07) is 0.367. The predicted molar refractivity (Wildman–Crippen MR) is 67.4 cm³/mol. The van der Waals surface area contributed by atoms with Crippen LogP contribution in [0.5, 0.6) is 0 Å². The fourth-order valence-electron chi connectivity index (χ4n) is 2.18. The van der Waals surface area contributed by atoms with Gasteiger partial charge < -0.3 is 10.2 Å². The standard InChI is InChI=1S/C13H26N2O/c1-11(2)6-4-5-7-13(16)15-9-8-14-10-12(15)3/h11-12,14H,4-10H2,1-3H3. The molecule has 0 aliphatic carbocycles. The van der Waals surface area contributed by atoms with E-state index in [9.17, 15) is 4.79 Å². The van der Waals surface area contributed by atoms with Gasteiger partial charge in [-0.05, 0) is 19.3 Å². The summed E-state index contributed by atoms with van der Waals surface area (Å²) >= 11 is 0. The van der Waals surface area contributed by atoms with Crippen LogP contribution in [-0.4, -0.2) is 36.5 Å². The molecule has 0 saturated carbocycles. The van der Waals surface area contributed by atoms with E-state index >= 15 is 0 Å². The van der Waals surface area contributed by atoms with E-state index in [4.69, 9.17) is 0 Å². The van der Waals surface area contributed by atoms with Crippen LogP contribution in [0.4, 0.5) is 0 Å². The molecule has 0 spiro atoms. The lowest BCUT2D eigenvalue weighted by atomic mass is 10.0. The number of hydrogen-bond donors (Lipinski definition) is 1. The molecule has 1 fully saturated rings. The third-order valence-electron chi connectivity index (χ3n) is 3.24. The molecule has 3 nitrogen and oxygen atoms in total. The van der Waals surface area contributed by atoms with E-state index in [1.54, 1.807) is 0 Å². The molecule has 0 aromatic carbocycles. The van der Waals surface area contributed by atoms with Crippen LogP contribution < -0.4 is 5.32 Å². The molecule has 1 amide bonds. The van der Waals surface area contributed by atoms with Crippen LogP contribution >= 0.6 is 0 Å². The molecular weight excluding hydrogens is 200 g/mol. The van der Waals surface area contributed by atoms with Crippen molar-refractivity contribution in [3.8, 4) is 0 Å². The Kier molecular flexibility index (Phi) is 5.81. The van der Waals surface area contributed by atoms with Gasteiger partial charge in [-0.3, -0.25) is 4.79 Å². The van der Waals surface area contributed by atoms with Gasteiger partial charge in [0, 0.05) is 32.1 Å². The summed E-state index contributed by atoms with van der Waals surface area (Å²) in [5.41, 5.74) is 0. The van der Waals surface area contributed by atoms with Crippen molar-refractivity contribution in [2.75, 3.05) is 19.6 Å². The summed E-state index contributed by atoms with van der Waals surface area (Å²) in [6.07, 6.45) is 4.21. The average molecular weight is 226 g/mol. The summed E-state index contributed by atoms with van der Waals surface area (Å²) in [5.74, 6) is 1.10. The van der Waals surface area contributed by atoms with Gasteiger partial charge in [0.2, 0.25) is 5.91 Å². The molecule has 16 heavy (non-hydrogen) atoms. The highest BCUT2D eigenvalue weighted by Gasteiger charge is 2.21. The van der Waals surface area contributed by atoms with Crippen LogP contribution in [0.25, 0.3) is 0 Å². The SMILES string of the molecule is CC(C)CCCCC(=O)N1CCNCC1C. The lowest BCUT2D eigenvalue weighted by Gasteiger charge is -2.34. The molecule has 94 valence electrons. The Morgan fingerprint density at radius 3 is 2.81 bits per heavy atom. The quantitative estimate of drug-likeness (QED) is 0.727. The highest BCUT2D eigenvalue weighted by Crippen LogP contribution is 2.11. The van der Waals surface area contributed by atoms with E-state index < -0.39 is 0 Å². The van der Waals surface area contributed by atoms with Gasteiger partial charge in [0.15, 0.2) is 0 Å². The van der Waals surface area contributed by atoms with Gasteiger partial charge in [0.25, 0.3) is 0 Å². The second-order valence-corrected chi connectivity index (χ2v) is 5.28. The first-order valence-electron chi connectivity index (χ1n) is 6.61. The number of nitrogens with zero attached hydrogens (tertiary/aromatic N) is 1. The monoisotopic (exact) mass is 226 g/mol. The van der Waals surface area contributed by atoms with Crippen molar-refractivity contribution >= 4 is 5.91 Å². The van der Waals surface area contributed by atoms with Crippen LogP contribution in [0.1, 0.15) is 46.5 Å². The molecule has 0 aromatic heterocycles. The molecule has 1 N–H and O–H groups in total. The fraction of sp³-hybridized carbons (Fsp3) is 0.923. The first-order valence-corrected chi connectivity index (χ1v) is 6.61. The third kappa shape index (κ3) is 4.52. The number of carbonyl (C=O) groups excluding carboxylic acids is 1. The summed E-state index contributed by atoms with van der Waals surface area (Å²) in [5, 5.41) is 3.31. The molecule has 0 bridgehead atoms. The number of rotatable bonds is 5. The Balaban J connectivity index is 2.18. The fourth-order valence-corrected chi connectivity index (χ4v) is 2.18. The predicted octanol–water partition coefficient (Wildman–Crippen LogP) is 2.02. The molecule has 1 rings (SSSR count). The molecule has 1 unspecified atom stereocenters. The van der Waals surface area contributed by atoms with E-state index in [2.05, 4.69) is 26.1 Å². The van der Waals surface area contributed by atoms with E-state index in [0.29, 0.717) is 11.9 Å². The van der Waals surface area contributed by atoms with E-state index in [0.717, 1.165) is 38.4 Å². The van der Waals surface area contributed by atoms with Crippen molar-refractivity contribution in [1.29, 1.82) is 0 Å². The molecule has 0 aromatic rings. The zero-order valence-corrected chi connectivity index (χ0v) is 11.0. The second-order valence-electron chi connectivity index (χ2n) is 5.28. The zero-order chi connectivity index (χ0) is 12.0. The number of nitrogens with one attached hydrogen (secondary N) is 1. The Labute approximate surface area is 99.6 Å². The van der Waals surface area contributed by atoms with Crippen LogP contribution in [0.2, 0.25) is 0 Å². The van der Waals surface area contributed by atoms with Gasteiger partial charge in [-0.1, -0.05) is 26.7 Å². The van der Waals surface area contributed by atoms with Gasteiger partial charge in [0.05, 0.1) is 0 Å². The minimum absolute atomic E-state index is 0.345. The minimum Gasteiger partial charge on any atom is -0.337 e. The van der Waals surface area contributed by atoms with Gasteiger partial charge in [0.1, 0.15) is 0 Å². The second kappa shape index (κ2) is 6.89. The van der Waals surface area contributed by atoms with Crippen molar-refractivity contribution in [2.24, 2.45) is 5.92 Å². The average Bonchev–Trinajstić information content (AvgIpc) is 2.24. The number of carbonyl (C=O) groups is 1. The van der Waals surface area contributed by atoms with Crippen molar-refractivity contribution in [2.45, 2.75) is 52.5 Å². The van der Waals surface area contributed by atoms with E-state index in [1.165, 1.54) is 12.8 Å². The van der Waals surface area contributed by atoms with Gasteiger partial charge in [-0.25, -0.2) is 0 Å². The molecule has 1 aliphatic heterocycles. The minimum atomic E-state index is 0.345. The van der Waals surface area contributed by atoms with Crippen LogP contribution in [0, 0.1) is 5.92 Å². The van der Waals surface area contributed by atoms with Crippen LogP contribution in [0.3, 0.4) is 0 Å². The largest absolute Gasteiger partial charge is 0.337 e. The molecule has 1 atom stereocenters. The molecule has 3 heteroatoms. The maximum absolute atomic E-state index is 12.0. The normalized spacial score (nSPS) is 21.5. The number of hydrogen-bond acceptors (Lipinski definition) is 2. The van der Waals surface area contributed by atoms with Gasteiger partial charge in [-0.2, -0.15) is 0 Å². The van der Waals surface area contributed by atoms with Crippen molar-refractivity contribution in [3.63, 3.8) is 0 Å². The van der Waals surface area contributed by atoms with Crippen molar-refractivity contribution in [1.82, 2.24) is 10.2 Å². The maximum Gasteiger partial charge on any atom is 0.222 e. The topological polar surface area (TPSA) is 32.3 Å². The van der Waals surface area contributed by atoms with Gasteiger partial charge in [-0.15, -0.1) is 0 Å². The first-order chi connectivity index (χ1) is 7.61. The summed E-state index contributed by atoms with van der Waals surface area (Å²) in [7, 11) is 0. The number of piperazine rings is 1. The first kappa shape index (κ1) is 13.5. The Morgan fingerprint density at radius 2 is 2.19 bits per heavy atom. The molecule has 1 heterocycles. The summed E-state index contributed by atoms with van der Waals surface area (Å²) < 4.78 is 0. The summed E-state index contributed by atoms with van der Waals surface area (Å²) in [4.78, 5) is 14.0. The molecule has 1 aliphatic rings. The maximum atomic E-state index is 12.0. The van der Waals surface area contributed by atoms with Crippen LogP contribution in [-0.2, 0) is 4.79 Å². The molecule has 0 radical (unpaired) electrons. The number of amides is 1. The van der Waals surface area contributed by atoms with E-state index in [1.807, 2.05) is 4.90 Å². The highest BCUT2D eigenvalue weighted by molar-refractivity contribution is 5.76. The Bertz CT molecular complexity index is 216. The lowest BCUT2D eigenvalue weighted by Crippen LogP contribution is -2.52. The Hall–Kier alpha value is -0.570. The highest BCUT2D eigenvalue weighted by atomic mass is 16.2. The van der Waals surface area contributed by atoms with E-state index in [-0.39, 0.29) is 0 Å². The lowest BCUT2D eigenvalue weighted by molar-refractivity contribution is -0.134. The molecular formula is C13H26N2O. The third-order valence-corrected chi connectivity index (χ3v) is 3.24. The van der Waals surface area contributed by atoms with Crippen molar-refractivity contribution < 1.29 is 4.79 Å². The van der Waals surface area contributed by atoms with Crippen molar-refractivity contribution in [3.05, 3.63) is 0 Å². The summed E-state index contributed by atoms with van der Waals surface area (Å²) in [6.45, 7) is 9.36. The molecule has 1 saturated heterocycles. The zero-order valence-electron chi connectivity index (χ0n) is 11.0. The smallest absolute Gasteiger partial charge is 0.222 e. The number of unbranched alkanes of at least 4 members (excludes halogenated alkanes) is 1. The van der Waals surface area contributed by atoms with Crippen LogP contribution in [0.15, 0.2) is 0 Å².